The predicted octanol–water partition coefficient (Wildman–Crippen LogP) is 8.09. The van der Waals surface area contributed by atoms with Gasteiger partial charge in [0.1, 0.15) is 0 Å². The second kappa shape index (κ2) is 11.5. The smallest absolute Gasteiger partial charge is 0.360 e. The maximum absolute atomic E-state index is 13.3. The SMILES string of the molecule is C[C@H](NC(=S)Nc1cc(C(F)(F)F)cc(C(F)(F)F)c1)[C@H]1CCC[C@@]1(C)P(c1ccccc1)c1ccccc1. The molecule has 0 heterocycles. The van der Waals surface area contributed by atoms with E-state index in [0.29, 0.717) is 12.1 Å². The van der Waals surface area contributed by atoms with Crippen LogP contribution in [0, 0.1) is 5.92 Å². The lowest BCUT2D eigenvalue weighted by atomic mass is 9.90. The van der Waals surface area contributed by atoms with Gasteiger partial charge >= 0.3 is 12.4 Å². The van der Waals surface area contributed by atoms with Crippen LogP contribution in [0.3, 0.4) is 0 Å². The summed E-state index contributed by atoms with van der Waals surface area (Å²) < 4.78 is 79.7. The summed E-state index contributed by atoms with van der Waals surface area (Å²) in [7, 11) is -0.767. The lowest BCUT2D eigenvalue weighted by Gasteiger charge is -2.43. The van der Waals surface area contributed by atoms with Gasteiger partial charge in [0.15, 0.2) is 5.11 Å². The van der Waals surface area contributed by atoms with Gasteiger partial charge in [0.05, 0.1) is 11.1 Å². The topological polar surface area (TPSA) is 24.1 Å². The van der Waals surface area contributed by atoms with Crippen LogP contribution in [-0.2, 0) is 12.4 Å². The first-order chi connectivity index (χ1) is 18.3. The molecular weight excluding hydrogens is 553 g/mol. The van der Waals surface area contributed by atoms with Crippen LogP contribution >= 0.6 is 20.1 Å². The van der Waals surface area contributed by atoms with Gasteiger partial charge in [0, 0.05) is 16.9 Å². The maximum Gasteiger partial charge on any atom is 0.416 e. The number of rotatable bonds is 6. The molecule has 1 fully saturated rings. The standard InChI is InChI=1S/C29H29F6N2PS/c1-19(36-26(39)37-22-17-20(28(30,31)32)16-21(18-22)29(33,34)35)25-14-9-15-27(25,2)38(23-10-5-3-6-11-23)24-12-7-4-8-13-24/h3-8,10-13,16-19,25H,9,14-15H2,1-2H3,(H2,36,37,39)/t19-,25+,27+/m0/s1. The van der Waals surface area contributed by atoms with E-state index < -0.39 is 31.4 Å². The lowest BCUT2D eigenvalue weighted by molar-refractivity contribution is -0.143. The van der Waals surface area contributed by atoms with Gasteiger partial charge in [0.2, 0.25) is 0 Å². The van der Waals surface area contributed by atoms with Crippen LogP contribution < -0.4 is 21.2 Å². The Balaban J connectivity index is 1.58. The number of hydrogen-bond acceptors (Lipinski definition) is 1. The van der Waals surface area contributed by atoms with E-state index in [1.807, 2.05) is 43.3 Å². The summed E-state index contributed by atoms with van der Waals surface area (Å²) in [5.41, 5.74) is -3.15. The Kier molecular flexibility index (Phi) is 8.62. The molecule has 3 atom stereocenters. The Morgan fingerprint density at radius 2 is 1.36 bits per heavy atom. The van der Waals surface area contributed by atoms with Crippen LogP contribution in [0.1, 0.15) is 44.2 Å². The average molecular weight is 583 g/mol. The lowest BCUT2D eigenvalue weighted by Crippen LogP contribution is -2.48. The van der Waals surface area contributed by atoms with Gasteiger partial charge in [-0.25, -0.2) is 0 Å². The van der Waals surface area contributed by atoms with Crippen molar-refractivity contribution in [1.29, 1.82) is 0 Å². The first-order valence-corrected chi connectivity index (χ1v) is 14.3. The third-order valence-corrected chi connectivity index (χ3v) is 10.8. The summed E-state index contributed by atoms with van der Waals surface area (Å²) in [6.45, 7) is 4.26. The zero-order chi connectivity index (χ0) is 28.4. The van der Waals surface area contributed by atoms with E-state index in [0.717, 1.165) is 19.3 Å². The molecule has 0 spiro atoms. The molecule has 0 amide bonds. The molecular formula is C29H29F6N2PS. The minimum Gasteiger partial charge on any atom is -0.360 e. The Bertz CT molecular complexity index is 1210. The third kappa shape index (κ3) is 6.75. The molecule has 3 aromatic rings. The van der Waals surface area contributed by atoms with Crippen LogP contribution in [0.4, 0.5) is 32.0 Å². The molecule has 0 unspecified atom stereocenters. The van der Waals surface area contributed by atoms with Crippen LogP contribution in [-0.4, -0.2) is 16.3 Å². The van der Waals surface area contributed by atoms with E-state index in [4.69, 9.17) is 12.2 Å². The van der Waals surface area contributed by atoms with Crippen LogP contribution in [0.15, 0.2) is 78.9 Å². The molecule has 4 rings (SSSR count). The number of alkyl halides is 6. The van der Waals surface area contributed by atoms with Crippen LogP contribution in [0.5, 0.6) is 0 Å². The van der Waals surface area contributed by atoms with E-state index in [2.05, 4.69) is 41.8 Å². The second-order valence-corrected chi connectivity index (χ2v) is 13.2. The third-order valence-electron chi connectivity index (χ3n) is 7.34. The van der Waals surface area contributed by atoms with Crippen molar-refractivity contribution < 1.29 is 26.3 Å². The quantitative estimate of drug-likeness (QED) is 0.175. The van der Waals surface area contributed by atoms with E-state index >= 15 is 0 Å². The Morgan fingerprint density at radius 1 is 0.872 bits per heavy atom. The molecule has 1 aliphatic rings. The monoisotopic (exact) mass is 582 g/mol. The van der Waals surface area contributed by atoms with E-state index in [9.17, 15) is 26.3 Å². The van der Waals surface area contributed by atoms with Gasteiger partial charge in [0.25, 0.3) is 0 Å². The zero-order valence-electron chi connectivity index (χ0n) is 21.4. The first-order valence-electron chi connectivity index (χ1n) is 12.6. The first kappa shape index (κ1) is 29.3. The van der Waals surface area contributed by atoms with Crippen molar-refractivity contribution in [1.82, 2.24) is 5.32 Å². The van der Waals surface area contributed by atoms with Crippen molar-refractivity contribution in [3.63, 3.8) is 0 Å². The predicted molar refractivity (Wildman–Crippen MR) is 150 cm³/mol. The summed E-state index contributed by atoms with van der Waals surface area (Å²) in [5.74, 6) is 0.163. The fraction of sp³-hybridized carbons (Fsp3) is 0.345. The highest BCUT2D eigenvalue weighted by molar-refractivity contribution is 7.80. The summed E-state index contributed by atoms with van der Waals surface area (Å²) in [6, 6.07) is 21.9. The summed E-state index contributed by atoms with van der Waals surface area (Å²) >= 11 is 5.37. The molecule has 0 aromatic heterocycles. The summed E-state index contributed by atoms with van der Waals surface area (Å²) in [6.07, 6.45) is -6.95. The number of hydrogen-bond donors (Lipinski definition) is 2. The van der Waals surface area contributed by atoms with Crippen molar-refractivity contribution in [2.45, 2.75) is 56.7 Å². The van der Waals surface area contributed by atoms with Crippen molar-refractivity contribution in [2.24, 2.45) is 5.92 Å². The van der Waals surface area contributed by atoms with Crippen molar-refractivity contribution in [2.75, 3.05) is 5.32 Å². The molecule has 208 valence electrons. The van der Waals surface area contributed by atoms with Gasteiger partial charge in [-0.3, -0.25) is 0 Å². The summed E-state index contributed by atoms with van der Waals surface area (Å²) in [5, 5.41) is 8.11. The number of halogens is 6. The molecule has 0 radical (unpaired) electrons. The molecule has 2 nitrogen and oxygen atoms in total. The largest absolute Gasteiger partial charge is 0.416 e. The molecule has 10 heteroatoms. The van der Waals surface area contributed by atoms with Gasteiger partial charge in [-0.1, -0.05) is 74.0 Å². The second-order valence-electron chi connectivity index (χ2n) is 10.0. The number of anilines is 1. The molecule has 3 aromatic carbocycles. The van der Waals surface area contributed by atoms with Gasteiger partial charge in [-0.15, -0.1) is 0 Å². The van der Waals surface area contributed by atoms with Crippen molar-refractivity contribution >= 4 is 41.5 Å². The van der Waals surface area contributed by atoms with E-state index in [1.54, 1.807) is 0 Å². The molecule has 0 bridgehead atoms. The van der Waals surface area contributed by atoms with Crippen molar-refractivity contribution in [3.8, 4) is 0 Å². The highest BCUT2D eigenvalue weighted by Gasteiger charge is 2.48. The Labute approximate surface area is 231 Å². The number of thiocarbonyl (C=S) groups is 1. The molecule has 2 N–H and O–H groups in total. The van der Waals surface area contributed by atoms with Crippen LogP contribution in [0.2, 0.25) is 0 Å². The minimum absolute atomic E-state index is 0.0204. The normalized spacial score (nSPS) is 20.6. The van der Waals surface area contributed by atoms with E-state index in [1.165, 1.54) is 10.6 Å². The fourth-order valence-corrected chi connectivity index (χ4v) is 9.43. The Morgan fingerprint density at radius 3 is 1.82 bits per heavy atom. The average Bonchev–Trinajstić information content (AvgIpc) is 3.26. The number of benzene rings is 3. The number of nitrogens with one attached hydrogen (secondary N) is 2. The van der Waals surface area contributed by atoms with Crippen LogP contribution in [0.25, 0.3) is 0 Å². The zero-order valence-corrected chi connectivity index (χ0v) is 23.1. The minimum atomic E-state index is -4.93. The molecule has 1 aliphatic carbocycles. The maximum atomic E-state index is 13.3. The Hall–Kier alpha value is -2.64. The highest BCUT2D eigenvalue weighted by atomic mass is 32.1. The van der Waals surface area contributed by atoms with Crippen molar-refractivity contribution in [3.05, 3.63) is 90.0 Å². The van der Waals surface area contributed by atoms with Gasteiger partial charge < -0.3 is 10.6 Å². The highest BCUT2D eigenvalue weighted by Crippen LogP contribution is 2.59. The molecule has 0 saturated heterocycles. The molecule has 1 saturated carbocycles. The molecule has 0 aliphatic heterocycles. The fourth-order valence-electron chi connectivity index (χ4n) is 5.64. The van der Waals surface area contributed by atoms with Gasteiger partial charge in [-0.2, -0.15) is 26.3 Å². The van der Waals surface area contributed by atoms with E-state index in [-0.39, 0.29) is 34.0 Å². The molecule has 39 heavy (non-hydrogen) atoms. The summed E-state index contributed by atoms with van der Waals surface area (Å²) in [4.78, 5) is 0. The van der Waals surface area contributed by atoms with Gasteiger partial charge in [-0.05, 0) is 74.6 Å².